The van der Waals surface area contributed by atoms with Crippen LogP contribution < -0.4 is 0 Å². The minimum absolute atomic E-state index is 0.0771. The molecule has 0 bridgehead atoms. The summed E-state index contributed by atoms with van der Waals surface area (Å²) in [5.41, 5.74) is 1.80. The Morgan fingerprint density at radius 2 is 2.00 bits per heavy atom. The molecule has 0 N–H and O–H groups in total. The van der Waals surface area contributed by atoms with E-state index in [0.29, 0.717) is 30.9 Å². The molecule has 0 saturated heterocycles. The minimum Gasteiger partial charge on any atom is -0.343 e. The summed E-state index contributed by atoms with van der Waals surface area (Å²) in [4.78, 5) is 31.8. The maximum atomic E-state index is 12.6. The number of fused-ring (bicyclic) bond motifs is 1. The van der Waals surface area contributed by atoms with Crippen LogP contribution in [0.4, 0.5) is 0 Å². The number of amides is 2. The highest BCUT2D eigenvalue weighted by atomic mass is 79.9. The highest BCUT2D eigenvalue weighted by molar-refractivity contribution is 9.10. The van der Waals surface area contributed by atoms with E-state index in [1.165, 1.54) is 4.90 Å². The van der Waals surface area contributed by atoms with E-state index in [1.807, 2.05) is 0 Å². The number of nitrogens with zero attached hydrogens (tertiary/aromatic N) is 5. The Bertz CT molecular complexity index is 771. The Balaban J connectivity index is 1.80. The predicted molar refractivity (Wildman–Crippen MR) is 86.9 cm³/mol. The molecular formula is C15H16BrN5O2. The van der Waals surface area contributed by atoms with Crippen LogP contribution in [0.15, 0.2) is 29.0 Å². The monoisotopic (exact) mass is 377 g/mol. The molecule has 2 aromatic rings. The first kappa shape index (κ1) is 15.7. The predicted octanol–water partition coefficient (Wildman–Crippen LogP) is 1.40. The van der Waals surface area contributed by atoms with Crippen molar-refractivity contribution in [3.8, 4) is 0 Å². The molecule has 0 fully saturated rings. The van der Waals surface area contributed by atoms with E-state index in [0.717, 1.165) is 10.2 Å². The highest BCUT2D eigenvalue weighted by Crippen LogP contribution is 2.18. The van der Waals surface area contributed by atoms with Crippen molar-refractivity contribution in [3.63, 3.8) is 0 Å². The van der Waals surface area contributed by atoms with Gasteiger partial charge in [0, 0.05) is 37.5 Å². The number of hydrogen-bond acceptors (Lipinski definition) is 4. The van der Waals surface area contributed by atoms with Crippen LogP contribution in [0, 0.1) is 0 Å². The molecule has 1 aliphatic rings. The molecule has 0 saturated carbocycles. The van der Waals surface area contributed by atoms with Gasteiger partial charge < -0.3 is 9.80 Å². The van der Waals surface area contributed by atoms with Crippen molar-refractivity contribution in [1.82, 2.24) is 24.6 Å². The van der Waals surface area contributed by atoms with E-state index in [9.17, 15) is 9.59 Å². The molecule has 8 heteroatoms. The molecule has 3 heterocycles. The molecule has 0 radical (unpaired) electrons. The Morgan fingerprint density at radius 1 is 1.22 bits per heavy atom. The average molecular weight is 378 g/mol. The van der Waals surface area contributed by atoms with Gasteiger partial charge in [0.05, 0.1) is 24.3 Å². The van der Waals surface area contributed by atoms with E-state index in [4.69, 9.17) is 0 Å². The summed E-state index contributed by atoms with van der Waals surface area (Å²) >= 11 is 3.32. The number of hydrogen-bond donors (Lipinski definition) is 0. The number of aromatic nitrogens is 3. The maximum Gasteiger partial charge on any atom is 0.273 e. The summed E-state index contributed by atoms with van der Waals surface area (Å²) < 4.78 is 2.56. The molecule has 0 atom stereocenters. The summed E-state index contributed by atoms with van der Waals surface area (Å²) in [6.07, 6.45) is 3.20. The van der Waals surface area contributed by atoms with Crippen LogP contribution in [0.5, 0.6) is 0 Å². The highest BCUT2D eigenvalue weighted by Gasteiger charge is 2.25. The van der Waals surface area contributed by atoms with Crippen molar-refractivity contribution < 1.29 is 9.59 Å². The first-order chi connectivity index (χ1) is 11.0. The quantitative estimate of drug-likeness (QED) is 0.792. The normalized spacial score (nSPS) is 13.6. The summed E-state index contributed by atoms with van der Waals surface area (Å²) in [7, 11) is 3.38. The molecule has 0 aromatic carbocycles. The zero-order valence-electron chi connectivity index (χ0n) is 12.9. The fourth-order valence-corrected chi connectivity index (χ4v) is 2.85. The van der Waals surface area contributed by atoms with Gasteiger partial charge in [-0.2, -0.15) is 5.10 Å². The van der Waals surface area contributed by atoms with E-state index < -0.39 is 0 Å². The lowest BCUT2D eigenvalue weighted by Gasteiger charge is -2.27. The Labute approximate surface area is 142 Å². The second-order valence-corrected chi connectivity index (χ2v) is 6.48. The zero-order chi connectivity index (χ0) is 16.6. The topological polar surface area (TPSA) is 71.3 Å². The van der Waals surface area contributed by atoms with Gasteiger partial charge in [0.1, 0.15) is 0 Å². The Kier molecular flexibility index (Phi) is 4.16. The van der Waals surface area contributed by atoms with E-state index in [2.05, 4.69) is 26.0 Å². The van der Waals surface area contributed by atoms with E-state index in [1.54, 1.807) is 48.2 Å². The molecule has 23 heavy (non-hydrogen) atoms. The Morgan fingerprint density at radius 3 is 2.70 bits per heavy atom. The van der Waals surface area contributed by atoms with Gasteiger partial charge in [-0.25, -0.2) is 0 Å². The van der Waals surface area contributed by atoms with Crippen LogP contribution in [0.25, 0.3) is 0 Å². The number of carbonyl (C=O) groups is 2. The van der Waals surface area contributed by atoms with Crippen molar-refractivity contribution >= 4 is 27.7 Å². The first-order valence-electron chi connectivity index (χ1n) is 7.14. The summed E-state index contributed by atoms with van der Waals surface area (Å²) in [6, 6.07) is 3.50. The van der Waals surface area contributed by atoms with Crippen LogP contribution in [0.3, 0.4) is 0 Å². The first-order valence-corrected chi connectivity index (χ1v) is 7.93. The number of halogens is 1. The van der Waals surface area contributed by atoms with Crippen molar-refractivity contribution in [2.45, 2.75) is 13.1 Å². The third kappa shape index (κ3) is 3.12. The van der Waals surface area contributed by atoms with Crippen LogP contribution in [0.2, 0.25) is 0 Å². The lowest BCUT2D eigenvalue weighted by molar-refractivity contribution is 0.0704. The van der Waals surface area contributed by atoms with Gasteiger partial charge in [-0.1, -0.05) is 0 Å². The molecule has 2 aromatic heterocycles. The van der Waals surface area contributed by atoms with Crippen LogP contribution in [0.1, 0.15) is 26.5 Å². The van der Waals surface area contributed by atoms with Gasteiger partial charge >= 0.3 is 0 Å². The third-order valence-electron chi connectivity index (χ3n) is 3.66. The van der Waals surface area contributed by atoms with Gasteiger partial charge in [-0.3, -0.25) is 19.3 Å². The van der Waals surface area contributed by atoms with E-state index >= 15 is 0 Å². The van der Waals surface area contributed by atoms with Gasteiger partial charge in [0.15, 0.2) is 5.69 Å². The maximum absolute atomic E-state index is 12.6. The summed E-state index contributed by atoms with van der Waals surface area (Å²) in [6.45, 7) is 1.55. The van der Waals surface area contributed by atoms with Crippen molar-refractivity contribution in [2.75, 3.05) is 20.6 Å². The molecule has 7 nitrogen and oxygen atoms in total. The fourth-order valence-electron chi connectivity index (χ4n) is 2.48. The molecule has 2 amide bonds. The van der Waals surface area contributed by atoms with Crippen molar-refractivity contribution in [2.24, 2.45) is 0 Å². The van der Waals surface area contributed by atoms with Gasteiger partial charge in [-0.05, 0) is 28.1 Å². The van der Waals surface area contributed by atoms with Gasteiger partial charge in [0.25, 0.3) is 11.8 Å². The fraction of sp³-hybridized carbons (Fsp3) is 0.333. The van der Waals surface area contributed by atoms with Crippen molar-refractivity contribution in [1.29, 1.82) is 0 Å². The molecule has 120 valence electrons. The summed E-state index contributed by atoms with van der Waals surface area (Å²) in [5.74, 6) is -0.215. The van der Waals surface area contributed by atoms with Crippen LogP contribution >= 0.6 is 15.9 Å². The summed E-state index contributed by atoms with van der Waals surface area (Å²) in [5, 5.41) is 4.32. The Hall–Kier alpha value is -2.22. The number of carbonyl (C=O) groups excluding carboxylic acids is 2. The number of rotatable bonds is 2. The van der Waals surface area contributed by atoms with Crippen molar-refractivity contribution in [3.05, 3.63) is 46.0 Å². The molecule has 0 unspecified atom stereocenters. The zero-order valence-corrected chi connectivity index (χ0v) is 14.4. The standard InChI is InChI=1S/C15H16BrN5O2/c1-19(2)15(23)13-6-12-9-20(3-4-21(12)18-13)14(22)10-5-11(16)8-17-7-10/h5-8H,3-4,9H2,1-2H3. The van der Waals surface area contributed by atoms with Crippen LogP contribution in [-0.4, -0.2) is 57.0 Å². The molecule has 0 aliphatic carbocycles. The number of pyridine rings is 1. The lowest BCUT2D eigenvalue weighted by atomic mass is 10.2. The molecule has 0 spiro atoms. The smallest absolute Gasteiger partial charge is 0.273 e. The van der Waals surface area contributed by atoms with E-state index in [-0.39, 0.29) is 11.8 Å². The van der Waals surface area contributed by atoms with Gasteiger partial charge in [0.2, 0.25) is 0 Å². The van der Waals surface area contributed by atoms with Crippen LogP contribution in [-0.2, 0) is 13.1 Å². The molecule has 3 rings (SSSR count). The SMILES string of the molecule is CN(C)C(=O)c1cc2n(n1)CCN(C(=O)c1cncc(Br)c1)C2. The largest absolute Gasteiger partial charge is 0.343 e. The second-order valence-electron chi connectivity index (χ2n) is 5.56. The second kappa shape index (κ2) is 6.11. The molecular weight excluding hydrogens is 362 g/mol. The average Bonchev–Trinajstić information content (AvgIpc) is 2.96. The van der Waals surface area contributed by atoms with Gasteiger partial charge in [-0.15, -0.1) is 0 Å². The lowest BCUT2D eigenvalue weighted by Crippen LogP contribution is -2.38. The minimum atomic E-state index is -0.138. The third-order valence-corrected chi connectivity index (χ3v) is 4.10. The molecule has 1 aliphatic heterocycles.